The van der Waals surface area contributed by atoms with Crippen molar-refractivity contribution in [3.8, 4) is 0 Å². The van der Waals surface area contributed by atoms with Crippen LogP contribution in [0.4, 0.5) is 11.4 Å². The summed E-state index contributed by atoms with van der Waals surface area (Å²) < 4.78 is 4.68. The summed E-state index contributed by atoms with van der Waals surface area (Å²) in [5.74, 6) is -0.407. The first-order valence-corrected chi connectivity index (χ1v) is 5.86. The second kappa shape index (κ2) is 6.13. The van der Waals surface area contributed by atoms with Crippen molar-refractivity contribution in [1.82, 2.24) is 0 Å². The molecule has 0 fully saturated rings. The van der Waals surface area contributed by atoms with Crippen molar-refractivity contribution in [2.45, 2.75) is 32.7 Å². The van der Waals surface area contributed by atoms with Gasteiger partial charge in [0.1, 0.15) is 0 Å². The van der Waals surface area contributed by atoms with Crippen LogP contribution in [0.15, 0.2) is 18.2 Å². The van der Waals surface area contributed by atoms with E-state index < -0.39 is 5.97 Å². The lowest BCUT2D eigenvalue weighted by Crippen LogP contribution is -2.17. The first-order valence-electron chi connectivity index (χ1n) is 5.86. The Kier molecular flexibility index (Phi) is 4.82. The molecule has 0 aliphatic heterocycles. The molecule has 1 aromatic carbocycles. The predicted octanol–water partition coefficient (Wildman–Crippen LogP) is 2.66. The maximum Gasteiger partial charge on any atom is 0.340 e. The van der Waals surface area contributed by atoms with Gasteiger partial charge >= 0.3 is 5.97 Å². The van der Waals surface area contributed by atoms with Gasteiger partial charge in [0, 0.05) is 17.4 Å². The lowest BCUT2D eigenvalue weighted by atomic mass is 10.1. The molecule has 0 aliphatic carbocycles. The van der Waals surface area contributed by atoms with Gasteiger partial charge in [-0.1, -0.05) is 13.8 Å². The lowest BCUT2D eigenvalue weighted by Gasteiger charge is -2.17. The Morgan fingerprint density at radius 3 is 2.59 bits per heavy atom. The van der Waals surface area contributed by atoms with Gasteiger partial charge in [-0.05, 0) is 31.0 Å². The van der Waals surface area contributed by atoms with Crippen LogP contribution in [0.5, 0.6) is 0 Å². The highest BCUT2D eigenvalue weighted by Crippen LogP contribution is 2.20. The van der Waals surface area contributed by atoms with Gasteiger partial charge in [-0.15, -0.1) is 0 Å². The number of anilines is 2. The SMILES string of the molecule is CCC(CC)Nc1ccc(N)c(C(=O)OC)c1. The standard InChI is InChI=1S/C13H20N2O2/c1-4-9(5-2)15-10-6-7-12(14)11(8-10)13(16)17-3/h6-9,15H,4-5,14H2,1-3H3. The molecule has 0 aliphatic rings. The van der Waals surface area contributed by atoms with Crippen molar-refractivity contribution in [3.63, 3.8) is 0 Å². The molecule has 0 amide bonds. The number of carbonyl (C=O) groups excluding carboxylic acids is 1. The molecule has 3 N–H and O–H groups in total. The number of rotatable bonds is 5. The van der Waals surface area contributed by atoms with E-state index in [0.717, 1.165) is 18.5 Å². The Balaban J connectivity index is 2.92. The van der Waals surface area contributed by atoms with Crippen molar-refractivity contribution < 1.29 is 9.53 Å². The molecular formula is C13H20N2O2. The third-order valence-electron chi connectivity index (χ3n) is 2.81. The number of hydrogen-bond acceptors (Lipinski definition) is 4. The van der Waals surface area contributed by atoms with Gasteiger partial charge < -0.3 is 15.8 Å². The highest BCUT2D eigenvalue weighted by atomic mass is 16.5. The summed E-state index contributed by atoms with van der Waals surface area (Å²) in [5, 5.41) is 3.36. The molecule has 0 saturated carbocycles. The summed E-state index contributed by atoms with van der Waals surface area (Å²) in [7, 11) is 1.35. The average molecular weight is 236 g/mol. The molecule has 0 heterocycles. The molecule has 0 bridgehead atoms. The number of esters is 1. The van der Waals surface area contributed by atoms with Crippen molar-refractivity contribution in [2.24, 2.45) is 0 Å². The van der Waals surface area contributed by atoms with E-state index in [9.17, 15) is 4.79 Å². The number of nitrogen functional groups attached to an aromatic ring is 1. The molecular weight excluding hydrogens is 216 g/mol. The third kappa shape index (κ3) is 3.37. The van der Waals surface area contributed by atoms with Crippen molar-refractivity contribution >= 4 is 17.3 Å². The smallest absolute Gasteiger partial charge is 0.340 e. The average Bonchev–Trinajstić information content (AvgIpc) is 2.36. The van der Waals surface area contributed by atoms with Crippen molar-refractivity contribution in [2.75, 3.05) is 18.2 Å². The van der Waals surface area contributed by atoms with Gasteiger partial charge in [-0.3, -0.25) is 0 Å². The maximum absolute atomic E-state index is 11.5. The largest absolute Gasteiger partial charge is 0.465 e. The normalized spacial score (nSPS) is 10.4. The number of ether oxygens (including phenoxy) is 1. The van der Waals surface area contributed by atoms with Crippen LogP contribution in [0, 0.1) is 0 Å². The lowest BCUT2D eigenvalue weighted by molar-refractivity contribution is 0.0602. The van der Waals surface area contributed by atoms with Crippen molar-refractivity contribution in [3.05, 3.63) is 23.8 Å². The Morgan fingerprint density at radius 1 is 1.41 bits per heavy atom. The van der Waals surface area contributed by atoms with E-state index in [1.54, 1.807) is 12.1 Å². The summed E-state index contributed by atoms with van der Waals surface area (Å²) in [5.41, 5.74) is 7.47. The predicted molar refractivity (Wildman–Crippen MR) is 70.2 cm³/mol. The molecule has 0 atom stereocenters. The highest BCUT2D eigenvalue weighted by molar-refractivity contribution is 5.96. The number of benzene rings is 1. The first-order chi connectivity index (χ1) is 8.12. The Hall–Kier alpha value is -1.71. The van der Waals surface area contributed by atoms with Crippen LogP contribution in [-0.4, -0.2) is 19.1 Å². The van der Waals surface area contributed by atoms with E-state index in [2.05, 4.69) is 23.9 Å². The molecule has 0 spiro atoms. The zero-order chi connectivity index (χ0) is 12.8. The summed E-state index contributed by atoms with van der Waals surface area (Å²) in [6.07, 6.45) is 2.07. The van der Waals surface area contributed by atoms with Crippen LogP contribution in [0.1, 0.15) is 37.0 Å². The Bertz CT molecular complexity index is 387. The number of carbonyl (C=O) groups is 1. The fraction of sp³-hybridized carbons (Fsp3) is 0.462. The highest BCUT2D eigenvalue weighted by Gasteiger charge is 2.11. The molecule has 4 heteroatoms. The van der Waals surface area contributed by atoms with Gasteiger partial charge in [0.2, 0.25) is 0 Å². The molecule has 0 unspecified atom stereocenters. The molecule has 94 valence electrons. The fourth-order valence-electron chi connectivity index (χ4n) is 1.66. The third-order valence-corrected chi connectivity index (χ3v) is 2.81. The second-order valence-electron chi connectivity index (χ2n) is 3.95. The molecule has 0 radical (unpaired) electrons. The summed E-state index contributed by atoms with van der Waals surface area (Å²) in [4.78, 5) is 11.5. The minimum absolute atomic E-state index is 0.406. The van der Waals surface area contributed by atoms with E-state index in [1.807, 2.05) is 6.07 Å². The monoisotopic (exact) mass is 236 g/mol. The van der Waals surface area contributed by atoms with E-state index in [-0.39, 0.29) is 0 Å². The Labute approximate surface area is 102 Å². The minimum Gasteiger partial charge on any atom is -0.465 e. The van der Waals surface area contributed by atoms with Gasteiger partial charge in [0.25, 0.3) is 0 Å². The molecule has 17 heavy (non-hydrogen) atoms. The molecule has 1 aromatic rings. The van der Waals surface area contributed by atoms with Crippen molar-refractivity contribution in [1.29, 1.82) is 0 Å². The fourth-order valence-corrected chi connectivity index (χ4v) is 1.66. The quantitative estimate of drug-likeness (QED) is 0.609. The first kappa shape index (κ1) is 13.4. The zero-order valence-electron chi connectivity index (χ0n) is 10.6. The van der Waals surface area contributed by atoms with Crippen LogP contribution in [0.3, 0.4) is 0 Å². The van der Waals surface area contributed by atoms with E-state index in [0.29, 0.717) is 17.3 Å². The van der Waals surface area contributed by atoms with Crippen LogP contribution < -0.4 is 11.1 Å². The molecule has 0 aromatic heterocycles. The summed E-state index contributed by atoms with van der Waals surface area (Å²) in [6.45, 7) is 4.25. The Morgan fingerprint density at radius 2 is 2.06 bits per heavy atom. The molecule has 4 nitrogen and oxygen atoms in total. The van der Waals surface area contributed by atoms with Gasteiger partial charge in [0.05, 0.1) is 12.7 Å². The van der Waals surface area contributed by atoms with Gasteiger partial charge in [-0.25, -0.2) is 4.79 Å². The zero-order valence-corrected chi connectivity index (χ0v) is 10.6. The van der Waals surface area contributed by atoms with Gasteiger partial charge in [-0.2, -0.15) is 0 Å². The topological polar surface area (TPSA) is 64.3 Å². The second-order valence-corrected chi connectivity index (χ2v) is 3.95. The van der Waals surface area contributed by atoms with E-state index in [1.165, 1.54) is 7.11 Å². The summed E-state index contributed by atoms with van der Waals surface area (Å²) >= 11 is 0. The van der Waals surface area contributed by atoms with Crippen LogP contribution >= 0.6 is 0 Å². The summed E-state index contributed by atoms with van der Waals surface area (Å²) in [6, 6.07) is 5.74. The van der Waals surface area contributed by atoms with E-state index in [4.69, 9.17) is 5.73 Å². The van der Waals surface area contributed by atoms with Gasteiger partial charge in [0.15, 0.2) is 0 Å². The van der Waals surface area contributed by atoms with Crippen LogP contribution in [0.2, 0.25) is 0 Å². The minimum atomic E-state index is -0.407. The number of hydrogen-bond donors (Lipinski definition) is 2. The number of nitrogens with two attached hydrogens (primary N) is 1. The van der Waals surface area contributed by atoms with E-state index >= 15 is 0 Å². The van der Waals surface area contributed by atoms with Crippen LogP contribution in [-0.2, 0) is 4.74 Å². The number of nitrogens with one attached hydrogen (secondary N) is 1. The molecule has 0 saturated heterocycles. The van der Waals surface area contributed by atoms with Crippen LogP contribution in [0.25, 0.3) is 0 Å². The molecule has 1 rings (SSSR count). The number of methoxy groups -OCH3 is 1. The maximum atomic E-state index is 11.5.